The van der Waals surface area contributed by atoms with E-state index in [-0.39, 0.29) is 11.5 Å². The van der Waals surface area contributed by atoms with Crippen LogP contribution >= 0.6 is 0 Å². The molecule has 0 saturated carbocycles. The molecule has 0 radical (unpaired) electrons. The first kappa shape index (κ1) is 27.9. The summed E-state index contributed by atoms with van der Waals surface area (Å²) in [4.78, 5) is 8.75. The van der Waals surface area contributed by atoms with Gasteiger partial charge in [0.1, 0.15) is 5.82 Å². The van der Waals surface area contributed by atoms with Crippen LogP contribution in [0.2, 0.25) is 0 Å². The highest BCUT2D eigenvalue weighted by molar-refractivity contribution is 7.91. The maximum Gasteiger partial charge on any atom is 0.153 e. The Labute approximate surface area is 195 Å². The van der Waals surface area contributed by atoms with Crippen LogP contribution in [0.4, 0.5) is 11.5 Å². The van der Waals surface area contributed by atoms with Gasteiger partial charge in [0.25, 0.3) is 0 Å². The Kier molecular flexibility index (Phi) is 13.0. The molecule has 0 bridgehead atoms. The van der Waals surface area contributed by atoms with Crippen LogP contribution in [0.25, 0.3) is 0 Å². The quantitative estimate of drug-likeness (QED) is 0.653. The van der Waals surface area contributed by atoms with E-state index in [9.17, 15) is 8.42 Å². The fraction of sp³-hybridized carbons (Fsp3) is 0.560. The van der Waals surface area contributed by atoms with Gasteiger partial charge in [0.05, 0.1) is 24.7 Å². The van der Waals surface area contributed by atoms with E-state index < -0.39 is 9.84 Å². The zero-order valence-corrected chi connectivity index (χ0v) is 21.5. The van der Waals surface area contributed by atoms with Crippen molar-refractivity contribution in [3.05, 3.63) is 53.7 Å². The summed E-state index contributed by atoms with van der Waals surface area (Å²) in [5.41, 5.74) is 3.55. The standard InChI is InChI=1S/C11H15NO2S.C10H14N2O.2C2H6/c1-10-2-4-11(5-3-10)12-6-8-15(13,14)9-7-12;1-9-2-3-10(11-8-9)12-4-6-13-7-5-12;2*1-2/h2-5H,6-9H2,1H3;2-3,8H,4-7H2,1H3;2*1-2H3. The number of nitrogens with zero attached hydrogens (tertiary/aromatic N) is 3. The molecule has 7 heteroatoms. The van der Waals surface area contributed by atoms with E-state index in [1.165, 1.54) is 11.1 Å². The lowest BCUT2D eigenvalue weighted by Gasteiger charge is -2.28. The van der Waals surface area contributed by atoms with Gasteiger partial charge in [-0.15, -0.1) is 0 Å². The normalized spacial score (nSPS) is 16.9. The molecule has 3 heterocycles. The van der Waals surface area contributed by atoms with Gasteiger partial charge < -0.3 is 14.5 Å². The van der Waals surface area contributed by atoms with Crippen LogP contribution in [0.15, 0.2) is 42.6 Å². The molecule has 6 nitrogen and oxygen atoms in total. The van der Waals surface area contributed by atoms with Crippen molar-refractivity contribution in [3.63, 3.8) is 0 Å². The van der Waals surface area contributed by atoms with E-state index in [1.54, 1.807) is 0 Å². The highest BCUT2D eigenvalue weighted by Gasteiger charge is 2.21. The lowest BCUT2D eigenvalue weighted by atomic mass is 10.2. The minimum Gasteiger partial charge on any atom is -0.378 e. The van der Waals surface area contributed by atoms with E-state index in [0.29, 0.717) is 13.1 Å². The van der Waals surface area contributed by atoms with Crippen molar-refractivity contribution in [2.24, 2.45) is 0 Å². The smallest absolute Gasteiger partial charge is 0.153 e. The highest BCUT2D eigenvalue weighted by Crippen LogP contribution is 2.17. The number of anilines is 2. The molecule has 2 saturated heterocycles. The van der Waals surface area contributed by atoms with Gasteiger partial charge in [0.15, 0.2) is 9.84 Å². The van der Waals surface area contributed by atoms with E-state index in [0.717, 1.165) is 37.8 Å². The summed E-state index contributed by atoms with van der Waals surface area (Å²) >= 11 is 0. The van der Waals surface area contributed by atoms with Gasteiger partial charge in [0, 0.05) is 38.1 Å². The Balaban J connectivity index is 0.000000279. The van der Waals surface area contributed by atoms with Crippen molar-refractivity contribution in [2.45, 2.75) is 41.5 Å². The number of aromatic nitrogens is 1. The molecule has 0 unspecified atom stereocenters. The zero-order valence-electron chi connectivity index (χ0n) is 20.7. The summed E-state index contributed by atoms with van der Waals surface area (Å²) in [5.74, 6) is 1.62. The molecule has 2 fully saturated rings. The van der Waals surface area contributed by atoms with E-state index >= 15 is 0 Å². The minimum atomic E-state index is -2.77. The van der Waals surface area contributed by atoms with E-state index in [1.807, 2.05) is 52.9 Å². The average Bonchev–Trinajstić information content (AvgIpc) is 2.84. The molecule has 1 aromatic heterocycles. The van der Waals surface area contributed by atoms with E-state index in [4.69, 9.17) is 4.74 Å². The third-order valence-electron chi connectivity index (χ3n) is 4.97. The molecule has 32 heavy (non-hydrogen) atoms. The summed E-state index contributed by atoms with van der Waals surface area (Å²) in [6, 6.07) is 12.4. The molecule has 0 N–H and O–H groups in total. The summed E-state index contributed by atoms with van der Waals surface area (Å²) < 4.78 is 27.8. The minimum absolute atomic E-state index is 0.279. The summed E-state index contributed by atoms with van der Waals surface area (Å²) in [5, 5.41) is 0. The average molecular weight is 464 g/mol. The maximum atomic E-state index is 11.3. The van der Waals surface area contributed by atoms with Crippen LogP contribution in [0.3, 0.4) is 0 Å². The number of morpholine rings is 1. The summed E-state index contributed by atoms with van der Waals surface area (Å²) in [6.07, 6.45) is 1.91. The van der Waals surface area contributed by atoms with Gasteiger partial charge in [-0.3, -0.25) is 0 Å². The number of ether oxygens (including phenoxy) is 1. The van der Waals surface area contributed by atoms with Gasteiger partial charge >= 0.3 is 0 Å². The van der Waals surface area contributed by atoms with Crippen LogP contribution < -0.4 is 9.80 Å². The predicted molar refractivity (Wildman–Crippen MR) is 137 cm³/mol. The second-order valence-corrected chi connectivity index (χ2v) is 9.57. The molecule has 2 aliphatic rings. The van der Waals surface area contributed by atoms with E-state index in [2.05, 4.69) is 46.0 Å². The van der Waals surface area contributed by atoms with Crippen LogP contribution in [0.5, 0.6) is 0 Å². The predicted octanol–water partition coefficient (Wildman–Crippen LogP) is 4.51. The fourth-order valence-corrected chi connectivity index (χ4v) is 4.37. The van der Waals surface area contributed by atoms with Crippen LogP contribution in [0, 0.1) is 13.8 Å². The number of hydrogen-bond donors (Lipinski definition) is 0. The third kappa shape index (κ3) is 9.57. The molecule has 0 amide bonds. The van der Waals surface area contributed by atoms with Crippen LogP contribution in [-0.4, -0.2) is 64.3 Å². The lowest BCUT2D eigenvalue weighted by molar-refractivity contribution is 0.122. The van der Waals surface area contributed by atoms with Gasteiger partial charge in [-0.25, -0.2) is 13.4 Å². The first-order chi connectivity index (χ1) is 15.4. The third-order valence-corrected chi connectivity index (χ3v) is 6.58. The molecule has 2 aromatic rings. The van der Waals surface area contributed by atoms with Gasteiger partial charge in [-0.05, 0) is 37.6 Å². The maximum absolute atomic E-state index is 11.3. The number of hydrogen-bond acceptors (Lipinski definition) is 6. The molecule has 0 atom stereocenters. The van der Waals surface area contributed by atoms with Crippen LogP contribution in [0.1, 0.15) is 38.8 Å². The molecule has 180 valence electrons. The lowest BCUT2D eigenvalue weighted by Crippen LogP contribution is -2.40. The number of benzene rings is 1. The summed E-state index contributed by atoms with van der Waals surface area (Å²) in [7, 11) is -2.77. The van der Waals surface area contributed by atoms with Crippen LogP contribution in [-0.2, 0) is 14.6 Å². The van der Waals surface area contributed by atoms with Gasteiger partial charge in [-0.1, -0.05) is 51.5 Å². The second-order valence-electron chi connectivity index (χ2n) is 7.27. The Hall–Kier alpha value is -2.12. The van der Waals surface area contributed by atoms with Gasteiger partial charge in [-0.2, -0.15) is 0 Å². The number of rotatable bonds is 2. The molecule has 0 aliphatic carbocycles. The first-order valence-corrected chi connectivity index (χ1v) is 13.5. The molecule has 1 aromatic carbocycles. The first-order valence-electron chi connectivity index (χ1n) is 11.7. The molecule has 4 rings (SSSR count). The Morgan fingerprint density at radius 2 is 1.28 bits per heavy atom. The Morgan fingerprint density at radius 3 is 1.78 bits per heavy atom. The van der Waals surface area contributed by atoms with Crippen molar-refractivity contribution in [3.8, 4) is 0 Å². The van der Waals surface area contributed by atoms with Crippen molar-refractivity contribution in [2.75, 3.05) is 60.7 Å². The number of aryl methyl sites for hydroxylation is 2. The molecule has 2 aliphatic heterocycles. The Morgan fingerprint density at radius 1 is 0.750 bits per heavy atom. The van der Waals surface area contributed by atoms with Crippen molar-refractivity contribution in [1.82, 2.24) is 4.98 Å². The molecule has 0 spiro atoms. The largest absolute Gasteiger partial charge is 0.378 e. The fourth-order valence-electron chi connectivity index (χ4n) is 3.17. The van der Waals surface area contributed by atoms with Crippen molar-refractivity contribution >= 4 is 21.3 Å². The van der Waals surface area contributed by atoms with Crippen molar-refractivity contribution < 1.29 is 13.2 Å². The second kappa shape index (κ2) is 14.9. The number of pyridine rings is 1. The summed E-state index contributed by atoms with van der Waals surface area (Å²) in [6.45, 7) is 16.9. The van der Waals surface area contributed by atoms with Crippen molar-refractivity contribution in [1.29, 1.82) is 0 Å². The number of sulfone groups is 1. The Bertz CT molecular complexity index is 833. The van der Waals surface area contributed by atoms with Gasteiger partial charge in [0.2, 0.25) is 0 Å². The highest BCUT2D eigenvalue weighted by atomic mass is 32.2. The topological polar surface area (TPSA) is 62.7 Å². The monoisotopic (exact) mass is 463 g/mol. The molecular formula is C25H41N3O3S. The SMILES string of the molecule is CC.CC.Cc1ccc(N2CCOCC2)nc1.Cc1ccc(N2CCS(=O)(=O)CC2)cc1. The zero-order chi connectivity index (χ0) is 24.0. The molecular weight excluding hydrogens is 422 g/mol.